The Hall–Kier alpha value is -4.86. The smallest absolute Gasteiger partial charge is 0.545 e. The average Bonchev–Trinajstić information content (AvgIpc) is 2.79. The number of carbonyl (C=O) groups excluding carboxylic acids is 3. The van der Waals surface area contributed by atoms with Crippen LogP contribution < -0.4 is 15.3 Å². The summed E-state index contributed by atoms with van der Waals surface area (Å²) in [5.74, 6) is -11.1. The molecule has 0 heterocycles. The van der Waals surface area contributed by atoms with E-state index in [-0.39, 0.29) is 25.8 Å². The van der Waals surface area contributed by atoms with Crippen molar-refractivity contribution >= 4 is 17.9 Å². The van der Waals surface area contributed by atoms with Crippen LogP contribution in [0.2, 0.25) is 0 Å². The fourth-order valence-corrected chi connectivity index (χ4v) is 2.17. The van der Waals surface area contributed by atoms with Gasteiger partial charge in [0.05, 0.1) is 17.9 Å². The van der Waals surface area contributed by atoms with E-state index in [2.05, 4.69) is 0 Å². The van der Waals surface area contributed by atoms with Crippen molar-refractivity contribution in [3.63, 3.8) is 0 Å². The summed E-state index contributed by atoms with van der Waals surface area (Å²) in [7, 11) is 0. The van der Waals surface area contributed by atoms with Gasteiger partial charge in [0.15, 0.2) is 51.7 Å². The first-order valence-electron chi connectivity index (χ1n) is 8.95. The van der Waals surface area contributed by atoms with E-state index in [9.17, 15) is 29.7 Å². The molecule has 0 aliphatic heterocycles. The van der Waals surface area contributed by atoms with Crippen molar-refractivity contribution in [3.05, 3.63) is 53.1 Å². The number of phenols is 9. The zero-order valence-electron chi connectivity index (χ0n) is 18.0. The maximum Gasteiger partial charge on any atom is 3.00 e. The van der Waals surface area contributed by atoms with E-state index < -0.39 is 86.3 Å². The Morgan fingerprint density at radius 2 is 0.541 bits per heavy atom. The summed E-state index contributed by atoms with van der Waals surface area (Å²) in [5, 5.41) is 110. The van der Waals surface area contributed by atoms with Gasteiger partial charge in [0.1, 0.15) is 0 Å². The van der Waals surface area contributed by atoms with Crippen LogP contribution in [0.25, 0.3) is 0 Å². The first-order valence-corrected chi connectivity index (χ1v) is 8.95. The Balaban J connectivity index is 0.000000518. The molecule has 0 atom stereocenters. The van der Waals surface area contributed by atoms with E-state index in [1.54, 1.807) is 0 Å². The van der Waals surface area contributed by atoms with E-state index in [1.165, 1.54) is 0 Å². The largest absolute Gasteiger partial charge is 3.00 e. The summed E-state index contributed by atoms with van der Waals surface area (Å²) in [6.45, 7) is 0. The van der Waals surface area contributed by atoms with Crippen molar-refractivity contribution in [1.29, 1.82) is 0 Å². The molecule has 0 fully saturated rings. The SMILES string of the molecule is O=C([O-])c1cc(O)c(O)c(O)c1.O=C([O-])c1cc(O)c(O)c(O)c1.O=C([O-])c1cc(O)c(O)c(O)c1.[Sc+3]. The molecule has 9 N–H and O–H groups in total. The summed E-state index contributed by atoms with van der Waals surface area (Å²) in [5.41, 5.74) is -1.20. The van der Waals surface area contributed by atoms with E-state index in [4.69, 9.17) is 46.0 Å². The third-order valence-electron chi connectivity index (χ3n) is 3.92. The molecule has 37 heavy (non-hydrogen) atoms. The number of carboxylic acid groups (broad SMARTS) is 3. The van der Waals surface area contributed by atoms with E-state index >= 15 is 0 Å². The molecule has 0 saturated heterocycles. The van der Waals surface area contributed by atoms with Gasteiger partial charge in [-0.2, -0.15) is 0 Å². The maximum atomic E-state index is 10.2. The molecule has 0 radical (unpaired) electrons. The molecule has 3 aromatic carbocycles. The number of rotatable bonds is 3. The first kappa shape index (κ1) is 32.1. The van der Waals surface area contributed by atoms with E-state index in [0.29, 0.717) is 0 Å². The third kappa shape index (κ3) is 8.70. The molecule has 0 unspecified atom stereocenters. The van der Waals surface area contributed by atoms with Gasteiger partial charge >= 0.3 is 25.8 Å². The molecule has 3 rings (SSSR count). The average molecular weight is 552 g/mol. The van der Waals surface area contributed by atoms with Crippen molar-refractivity contribution in [2.45, 2.75) is 0 Å². The van der Waals surface area contributed by atoms with Gasteiger partial charge in [-0.15, -0.1) is 0 Å². The van der Waals surface area contributed by atoms with Crippen molar-refractivity contribution in [2.24, 2.45) is 0 Å². The van der Waals surface area contributed by atoms with Gasteiger partial charge < -0.3 is 75.7 Å². The number of hydrogen-bond donors (Lipinski definition) is 9. The van der Waals surface area contributed by atoms with Crippen LogP contribution in [0.3, 0.4) is 0 Å². The summed E-state index contributed by atoms with van der Waals surface area (Å²) < 4.78 is 0. The van der Waals surface area contributed by atoms with E-state index in [0.717, 1.165) is 36.4 Å². The van der Waals surface area contributed by atoms with Gasteiger partial charge in [0.25, 0.3) is 0 Å². The summed E-state index contributed by atoms with van der Waals surface area (Å²) in [4.78, 5) is 30.6. The van der Waals surface area contributed by atoms with Crippen molar-refractivity contribution in [1.82, 2.24) is 0 Å². The van der Waals surface area contributed by atoms with Gasteiger partial charge in [-0.3, -0.25) is 0 Å². The zero-order chi connectivity index (χ0) is 27.9. The molecular formula is C21H15O15Sc. The fourth-order valence-electron chi connectivity index (χ4n) is 2.17. The summed E-state index contributed by atoms with van der Waals surface area (Å²) in [6.07, 6.45) is 0. The molecule has 0 spiro atoms. The Morgan fingerprint density at radius 3 is 0.649 bits per heavy atom. The van der Waals surface area contributed by atoms with Crippen LogP contribution in [0.5, 0.6) is 51.7 Å². The maximum absolute atomic E-state index is 10.2. The molecular weight excluding hydrogens is 537 g/mol. The predicted molar refractivity (Wildman–Crippen MR) is 107 cm³/mol. The molecule has 0 amide bonds. The van der Waals surface area contributed by atoms with Gasteiger partial charge in [-0.1, -0.05) is 0 Å². The van der Waals surface area contributed by atoms with Crippen molar-refractivity contribution in [2.75, 3.05) is 0 Å². The van der Waals surface area contributed by atoms with Gasteiger partial charge in [-0.05, 0) is 36.4 Å². The summed E-state index contributed by atoms with van der Waals surface area (Å²) in [6, 6.07) is 4.69. The topological polar surface area (TPSA) is 302 Å². The molecule has 15 nitrogen and oxygen atoms in total. The number of aromatic hydroxyl groups is 9. The molecule has 16 heteroatoms. The van der Waals surface area contributed by atoms with Crippen molar-refractivity contribution < 1.29 is 102 Å². The third-order valence-corrected chi connectivity index (χ3v) is 3.92. The zero-order valence-corrected chi connectivity index (χ0v) is 19.8. The summed E-state index contributed by atoms with van der Waals surface area (Å²) >= 11 is 0. The molecule has 0 saturated carbocycles. The molecule has 0 bridgehead atoms. The second kappa shape index (κ2) is 13.3. The minimum absolute atomic E-state index is 0. The minimum Gasteiger partial charge on any atom is -0.545 e. The minimum atomic E-state index is -1.54. The van der Waals surface area contributed by atoms with Crippen LogP contribution >= 0.6 is 0 Å². The van der Waals surface area contributed by atoms with Crippen LogP contribution in [0, 0.1) is 0 Å². The van der Waals surface area contributed by atoms with Gasteiger partial charge in [0, 0.05) is 16.7 Å². The molecule has 192 valence electrons. The van der Waals surface area contributed by atoms with Crippen LogP contribution in [0.15, 0.2) is 36.4 Å². The first-order chi connectivity index (χ1) is 16.6. The molecule has 0 aromatic heterocycles. The van der Waals surface area contributed by atoms with Crippen LogP contribution in [0.4, 0.5) is 0 Å². The standard InChI is InChI=1S/3C7H6O5.Sc/c3*8-4-1-3(7(11)12)2-5(9)6(4)10;/h3*1-2,8-10H,(H,11,12);/q;;;+3/p-3. The second-order valence-corrected chi connectivity index (χ2v) is 6.45. The van der Waals surface area contributed by atoms with E-state index in [1.807, 2.05) is 0 Å². The number of carboxylic acids is 3. The quantitative estimate of drug-likeness (QED) is 0.152. The van der Waals surface area contributed by atoms with Crippen LogP contribution in [-0.4, -0.2) is 63.9 Å². The van der Waals surface area contributed by atoms with Crippen molar-refractivity contribution in [3.8, 4) is 51.7 Å². The molecule has 0 aliphatic carbocycles. The Morgan fingerprint density at radius 1 is 0.405 bits per heavy atom. The number of benzene rings is 3. The van der Waals surface area contributed by atoms with Crippen LogP contribution in [0.1, 0.15) is 31.1 Å². The number of hydrogen-bond acceptors (Lipinski definition) is 15. The fraction of sp³-hybridized carbons (Fsp3) is 0. The second-order valence-electron chi connectivity index (χ2n) is 6.45. The number of phenolic OH excluding ortho intramolecular Hbond substituents is 9. The number of aromatic carboxylic acids is 3. The normalized spacial score (nSPS) is 9.41. The Kier molecular flexibility index (Phi) is 11.5. The van der Waals surface area contributed by atoms with Gasteiger partial charge in [-0.25, -0.2) is 0 Å². The predicted octanol–water partition coefficient (Wildman–Crippen LogP) is -2.50. The van der Waals surface area contributed by atoms with Gasteiger partial charge in [0.2, 0.25) is 0 Å². The Labute approximate surface area is 224 Å². The monoisotopic (exact) mass is 552 g/mol. The molecule has 3 aromatic rings. The Bertz CT molecular complexity index is 1090. The molecule has 0 aliphatic rings. The number of carbonyl (C=O) groups is 3. The van der Waals surface area contributed by atoms with Crippen LogP contribution in [-0.2, 0) is 25.8 Å².